The zero-order chi connectivity index (χ0) is 20.4. The van der Waals surface area contributed by atoms with Crippen molar-refractivity contribution in [3.05, 3.63) is 45.5 Å². The Labute approximate surface area is 176 Å². The fourth-order valence-corrected chi connectivity index (χ4v) is 5.32. The van der Waals surface area contributed by atoms with Crippen LogP contribution in [-0.2, 0) is 0 Å². The molecule has 0 saturated carbocycles. The SMILES string of the molecule is C/C(=C/CC/C(C)=C/c1csc(C)n1)C/C=C\C(C)CC(C)SC(C)(C)C. The quantitative estimate of drug-likeness (QED) is 0.362. The van der Waals surface area contributed by atoms with Crippen LogP contribution >= 0.6 is 23.1 Å². The van der Waals surface area contributed by atoms with Gasteiger partial charge in [-0.3, -0.25) is 0 Å². The summed E-state index contributed by atoms with van der Waals surface area (Å²) in [6.45, 7) is 18.1. The van der Waals surface area contributed by atoms with E-state index < -0.39 is 0 Å². The van der Waals surface area contributed by atoms with Crippen molar-refractivity contribution in [2.75, 3.05) is 0 Å². The van der Waals surface area contributed by atoms with Gasteiger partial charge in [-0.25, -0.2) is 4.98 Å². The van der Waals surface area contributed by atoms with Gasteiger partial charge in [0, 0.05) is 15.4 Å². The third-order valence-corrected chi connectivity index (χ3v) is 6.32. The molecule has 152 valence electrons. The topological polar surface area (TPSA) is 12.9 Å². The van der Waals surface area contributed by atoms with Crippen molar-refractivity contribution in [3.8, 4) is 0 Å². The lowest BCUT2D eigenvalue weighted by molar-refractivity contribution is 0.636. The van der Waals surface area contributed by atoms with E-state index in [9.17, 15) is 0 Å². The molecule has 0 fully saturated rings. The van der Waals surface area contributed by atoms with Gasteiger partial charge >= 0.3 is 0 Å². The number of thioether (sulfide) groups is 1. The van der Waals surface area contributed by atoms with E-state index in [1.165, 1.54) is 17.6 Å². The Kier molecular flexibility index (Phi) is 10.7. The highest BCUT2D eigenvalue weighted by molar-refractivity contribution is 8.01. The Bertz CT molecular complexity index is 644. The number of rotatable bonds is 10. The van der Waals surface area contributed by atoms with Crippen molar-refractivity contribution in [3.63, 3.8) is 0 Å². The molecule has 2 unspecified atom stereocenters. The van der Waals surface area contributed by atoms with Gasteiger partial charge in [0.2, 0.25) is 0 Å². The molecule has 27 heavy (non-hydrogen) atoms. The number of nitrogens with zero attached hydrogens (tertiary/aromatic N) is 1. The second-order valence-electron chi connectivity index (χ2n) is 8.76. The summed E-state index contributed by atoms with van der Waals surface area (Å²) in [5.41, 5.74) is 3.97. The molecule has 0 radical (unpaired) electrons. The van der Waals surface area contributed by atoms with E-state index in [1.54, 1.807) is 11.3 Å². The van der Waals surface area contributed by atoms with E-state index in [0.717, 1.165) is 30.0 Å². The van der Waals surface area contributed by atoms with Crippen LogP contribution in [0.25, 0.3) is 6.08 Å². The molecule has 0 aliphatic carbocycles. The van der Waals surface area contributed by atoms with Crippen LogP contribution in [0.1, 0.15) is 84.9 Å². The number of hydrogen-bond donors (Lipinski definition) is 0. The maximum absolute atomic E-state index is 4.51. The summed E-state index contributed by atoms with van der Waals surface area (Å²) in [4.78, 5) is 4.51. The van der Waals surface area contributed by atoms with Gasteiger partial charge in [0.25, 0.3) is 0 Å². The third-order valence-electron chi connectivity index (χ3n) is 4.23. The van der Waals surface area contributed by atoms with Crippen LogP contribution in [0.15, 0.2) is 34.8 Å². The second kappa shape index (κ2) is 11.9. The Morgan fingerprint density at radius 3 is 2.52 bits per heavy atom. The van der Waals surface area contributed by atoms with Crippen molar-refractivity contribution < 1.29 is 0 Å². The molecule has 1 rings (SSSR count). The smallest absolute Gasteiger partial charge is 0.0901 e. The van der Waals surface area contributed by atoms with Gasteiger partial charge in [-0.05, 0) is 58.4 Å². The van der Waals surface area contributed by atoms with E-state index in [-0.39, 0.29) is 0 Å². The van der Waals surface area contributed by atoms with Crippen LogP contribution in [0.4, 0.5) is 0 Å². The summed E-state index contributed by atoms with van der Waals surface area (Å²) in [5, 5.41) is 3.97. The molecule has 2 atom stereocenters. The summed E-state index contributed by atoms with van der Waals surface area (Å²) in [5.74, 6) is 0.648. The fourth-order valence-electron chi connectivity index (χ4n) is 3.14. The Hall–Kier alpha value is -0.800. The van der Waals surface area contributed by atoms with E-state index in [1.807, 2.05) is 0 Å². The first-order chi connectivity index (χ1) is 12.5. The average molecular weight is 406 g/mol. The van der Waals surface area contributed by atoms with Crippen molar-refractivity contribution in [2.24, 2.45) is 5.92 Å². The van der Waals surface area contributed by atoms with E-state index in [4.69, 9.17) is 0 Å². The fraction of sp³-hybridized carbons (Fsp3) is 0.625. The lowest BCUT2D eigenvalue weighted by Gasteiger charge is -2.24. The summed E-state index contributed by atoms with van der Waals surface area (Å²) in [7, 11) is 0. The standard InChI is InChI=1S/C24H39NS2/c1-18(11-9-13-19(2)15-21(4)27-24(6,7)8)12-10-14-20(3)16-23-17-26-22(5)25-23/h9,12-13,16-17,19,21H,10-11,14-15H2,1-8H3/b13-9-,18-12-,20-16+. The van der Waals surface area contributed by atoms with Gasteiger partial charge in [0.1, 0.15) is 0 Å². The number of aromatic nitrogens is 1. The average Bonchev–Trinajstić information content (AvgIpc) is 2.90. The summed E-state index contributed by atoms with van der Waals surface area (Å²) >= 11 is 3.80. The van der Waals surface area contributed by atoms with E-state index in [0.29, 0.717) is 15.9 Å². The van der Waals surface area contributed by atoms with Crippen LogP contribution in [-0.4, -0.2) is 15.0 Å². The van der Waals surface area contributed by atoms with E-state index >= 15 is 0 Å². The maximum Gasteiger partial charge on any atom is 0.0901 e. The number of aryl methyl sites for hydroxylation is 1. The zero-order valence-electron chi connectivity index (χ0n) is 18.6. The molecule has 0 saturated heterocycles. The normalized spacial score (nSPS) is 16.1. The van der Waals surface area contributed by atoms with E-state index in [2.05, 4.69) is 102 Å². The predicted octanol–water partition coefficient (Wildman–Crippen LogP) is 8.47. The van der Waals surface area contributed by atoms with Gasteiger partial charge < -0.3 is 0 Å². The number of thiazole rings is 1. The minimum Gasteiger partial charge on any atom is -0.242 e. The van der Waals surface area contributed by atoms with Crippen molar-refractivity contribution in [1.82, 2.24) is 4.98 Å². The van der Waals surface area contributed by atoms with Crippen LogP contribution < -0.4 is 0 Å². The molecule has 0 spiro atoms. The van der Waals surface area contributed by atoms with Gasteiger partial charge in [-0.2, -0.15) is 11.8 Å². The molecule has 0 amide bonds. The maximum atomic E-state index is 4.51. The minimum absolute atomic E-state index is 0.354. The first kappa shape index (κ1) is 24.2. The molecule has 0 N–H and O–H groups in total. The van der Waals surface area contributed by atoms with Crippen LogP contribution in [0, 0.1) is 12.8 Å². The lowest BCUT2D eigenvalue weighted by atomic mass is 10.0. The Balaban J connectivity index is 2.33. The highest BCUT2D eigenvalue weighted by Crippen LogP contribution is 2.31. The molecule has 1 heterocycles. The molecule has 1 aromatic rings. The summed E-state index contributed by atoms with van der Waals surface area (Å²) in [6.07, 6.45) is 13.9. The molecule has 1 aromatic heterocycles. The minimum atomic E-state index is 0.354. The number of allylic oxidation sites excluding steroid dienone is 5. The first-order valence-corrected chi connectivity index (χ1v) is 11.9. The highest BCUT2D eigenvalue weighted by atomic mass is 32.2. The van der Waals surface area contributed by atoms with Crippen LogP contribution in [0.5, 0.6) is 0 Å². The monoisotopic (exact) mass is 405 g/mol. The predicted molar refractivity (Wildman–Crippen MR) is 128 cm³/mol. The van der Waals surface area contributed by atoms with Crippen LogP contribution in [0.2, 0.25) is 0 Å². The molecular weight excluding hydrogens is 366 g/mol. The molecular formula is C24H39NS2. The largest absolute Gasteiger partial charge is 0.242 e. The molecule has 1 nitrogen and oxygen atoms in total. The molecule has 0 bridgehead atoms. The van der Waals surface area contributed by atoms with Gasteiger partial charge in [-0.1, -0.05) is 64.0 Å². The van der Waals surface area contributed by atoms with Crippen molar-refractivity contribution in [1.29, 1.82) is 0 Å². The third kappa shape index (κ3) is 12.3. The zero-order valence-corrected chi connectivity index (χ0v) is 20.3. The molecule has 3 heteroatoms. The first-order valence-electron chi connectivity index (χ1n) is 10.1. The summed E-state index contributed by atoms with van der Waals surface area (Å²) in [6, 6.07) is 0. The van der Waals surface area contributed by atoms with Crippen LogP contribution in [0.3, 0.4) is 0 Å². The lowest BCUT2D eigenvalue weighted by Crippen LogP contribution is -2.15. The van der Waals surface area contributed by atoms with Gasteiger partial charge in [-0.15, -0.1) is 11.3 Å². The summed E-state index contributed by atoms with van der Waals surface area (Å²) < 4.78 is 0.354. The molecule has 0 aliphatic rings. The van der Waals surface area contributed by atoms with Gasteiger partial charge in [0.15, 0.2) is 0 Å². The Morgan fingerprint density at radius 1 is 1.22 bits per heavy atom. The second-order valence-corrected chi connectivity index (χ2v) is 12.1. The number of hydrogen-bond acceptors (Lipinski definition) is 3. The highest BCUT2D eigenvalue weighted by Gasteiger charge is 2.16. The molecule has 0 aromatic carbocycles. The van der Waals surface area contributed by atoms with Crippen molar-refractivity contribution >= 4 is 29.2 Å². The van der Waals surface area contributed by atoms with Gasteiger partial charge in [0.05, 0.1) is 10.7 Å². The molecule has 0 aliphatic heterocycles. The van der Waals surface area contributed by atoms with Crippen molar-refractivity contribution in [2.45, 2.75) is 91.1 Å². The Morgan fingerprint density at radius 2 is 1.93 bits per heavy atom.